The number of nitrogens with zero attached hydrogens (tertiary/aromatic N) is 1. The van der Waals surface area contributed by atoms with Gasteiger partial charge in [-0.2, -0.15) is 0 Å². The van der Waals surface area contributed by atoms with Crippen molar-refractivity contribution in [1.29, 1.82) is 0 Å². The van der Waals surface area contributed by atoms with Crippen LogP contribution in [0.5, 0.6) is 0 Å². The SMILES string of the molecule is O=C1ON=C(c2ccccc2)C1=C1CCCC1. The fraction of sp³-hybridized carbons (Fsp3) is 0.286. The molecule has 0 aromatic heterocycles. The van der Waals surface area contributed by atoms with Crippen LogP contribution in [0, 0.1) is 0 Å². The molecule has 1 aliphatic heterocycles. The molecule has 86 valence electrons. The zero-order chi connectivity index (χ0) is 11.7. The molecule has 0 atom stereocenters. The van der Waals surface area contributed by atoms with Gasteiger partial charge in [0.15, 0.2) is 0 Å². The number of allylic oxidation sites excluding steroid dienone is 1. The Labute approximate surface area is 99.8 Å². The summed E-state index contributed by atoms with van der Waals surface area (Å²) in [5.41, 5.74) is 3.56. The van der Waals surface area contributed by atoms with Gasteiger partial charge in [0.2, 0.25) is 0 Å². The van der Waals surface area contributed by atoms with Crippen molar-refractivity contribution in [1.82, 2.24) is 0 Å². The number of hydrogen-bond acceptors (Lipinski definition) is 3. The van der Waals surface area contributed by atoms with Gasteiger partial charge in [-0.15, -0.1) is 0 Å². The number of rotatable bonds is 1. The normalized spacial score (nSPS) is 19.5. The summed E-state index contributed by atoms with van der Waals surface area (Å²) in [5.74, 6) is -0.291. The van der Waals surface area contributed by atoms with Crippen LogP contribution in [0.15, 0.2) is 46.6 Å². The molecule has 2 aliphatic rings. The van der Waals surface area contributed by atoms with Crippen molar-refractivity contribution in [3.63, 3.8) is 0 Å². The molecule has 0 bridgehead atoms. The molecule has 0 amide bonds. The molecular weight excluding hydrogens is 214 g/mol. The second kappa shape index (κ2) is 4.17. The smallest absolute Gasteiger partial charge is 0.312 e. The van der Waals surface area contributed by atoms with Crippen molar-refractivity contribution in [3.8, 4) is 0 Å². The number of benzene rings is 1. The molecule has 1 heterocycles. The van der Waals surface area contributed by atoms with E-state index in [1.165, 1.54) is 5.57 Å². The van der Waals surface area contributed by atoms with Crippen molar-refractivity contribution in [2.75, 3.05) is 0 Å². The first-order valence-corrected chi connectivity index (χ1v) is 5.93. The van der Waals surface area contributed by atoms with Gasteiger partial charge in [0.1, 0.15) is 5.71 Å². The van der Waals surface area contributed by atoms with Gasteiger partial charge in [-0.25, -0.2) is 4.79 Å². The summed E-state index contributed by atoms with van der Waals surface area (Å²) in [6, 6.07) is 9.74. The molecule has 3 rings (SSSR count). The summed E-state index contributed by atoms with van der Waals surface area (Å²) in [6.07, 6.45) is 4.31. The van der Waals surface area contributed by atoms with Crippen LogP contribution < -0.4 is 0 Å². The average molecular weight is 227 g/mol. The molecule has 0 saturated heterocycles. The van der Waals surface area contributed by atoms with Gasteiger partial charge in [-0.3, -0.25) is 0 Å². The van der Waals surface area contributed by atoms with E-state index in [1.54, 1.807) is 0 Å². The lowest BCUT2D eigenvalue weighted by molar-refractivity contribution is -0.136. The third-order valence-corrected chi connectivity index (χ3v) is 3.27. The van der Waals surface area contributed by atoms with E-state index in [0.717, 1.165) is 31.2 Å². The molecule has 1 aromatic rings. The van der Waals surface area contributed by atoms with E-state index in [1.807, 2.05) is 30.3 Å². The van der Waals surface area contributed by atoms with Crippen molar-refractivity contribution < 1.29 is 9.63 Å². The number of carbonyl (C=O) groups is 1. The summed E-state index contributed by atoms with van der Waals surface area (Å²) >= 11 is 0. The maximum atomic E-state index is 11.8. The topological polar surface area (TPSA) is 38.7 Å². The first-order valence-electron chi connectivity index (χ1n) is 5.93. The first-order chi connectivity index (χ1) is 8.36. The van der Waals surface area contributed by atoms with E-state index in [4.69, 9.17) is 4.84 Å². The Balaban J connectivity index is 2.05. The fourth-order valence-electron chi connectivity index (χ4n) is 2.43. The van der Waals surface area contributed by atoms with E-state index in [9.17, 15) is 4.79 Å². The standard InChI is InChI=1S/C14H13NO2/c16-14-12(10-6-4-5-7-10)13(15-17-14)11-8-2-1-3-9-11/h1-3,8-9H,4-7H2. The van der Waals surface area contributed by atoms with Crippen LogP contribution in [0.25, 0.3) is 0 Å². The van der Waals surface area contributed by atoms with Crippen molar-refractivity contribution in [2.45, 2.75) is 25.7 Å². The summed E-state index contributed by atoms with van der Waals surface area (Å²) in [4.78, 5) is 16.6. The molecule has 17 heavy (non-hydrogen) atoms. The number of hydrogen-bond donors (Lipinski definition) is 0. The van der Waals surface area contributed by atoms with E-state index in [-0.39, 0.29) is 5.97 Å². The van der Waals surface area contributed by atoms with Gasteiger partial charge in [0.05, 0.1) is 5.57 Å². The highest BCUT2D eigenvalue weighted by atomic mass is 16.7. The fourth-order valence-corrected chi connectivity index (χ4v) is 2.43. The van der Waals surface area contributed by atoms with Gasteiger partial charge < -0.3 is 4.84 Å². The summed E-state index contributed by atoms with van der Waals surface area (Å²) in [6.45, 7) is 0. The maximum Gasteiger partial charge on any atom is 0.368 e. The minimum Gasteiger partial charge on any atom is -0.312 e. The minimum atomic E-state index is -0.291. The van der Waals surface area contributed by atoms with Crippen LogP contribution in [0.3, 0.4) is 0 Å². The zero-order valence-corrected chi connectivity index (χ0v) is 9.48. The summed E-state index contributed by atoms with van der Waals surface area (Å²) in [7, 11) is 0. The van der Waals surface area contributed by atoms with Gasteiger partial charge in [-0.05, 0) is 25.7 Å². The summed E-state index contributed by atoms with van der Waals surface area (Å²) < 4.78 is 0. The highest BCUT2D eigenvalue weighted by Crippen LogP contribution is 2.31. The molecule has 0 unspecified atom stereocenters. The van der Waals surface area contributed by atoms with Crippen LogP contribution in [0.4, 0.5) is 0 Å². The lowest BCUT2D eigenvalue weighted by Crippen LogP contribution is -2.09. The Bertz CT molecular complexity index is 506. The third kappa shape index (κ3) is 1.78. The molecule has 1 aromatic carbocycles. The maximum absolute atomic E-state index is 11.8. The van der Waals surface area contributed by atoms with Crippen LogP contribution in [0.2, 0.25) is 0 Å². The predicted octanol–water partition coefficient (Wildman–Crippen LogP) is 2.82. The molecular formula is C14H13NO2. The third-order valence-electron chi connectivity index (χ3n) is 3.27. The van der Waals surface area contributed by atoms with Gasteiger partial charge in [-0.1, -0.05) is 41.1 Å². The quantitative estimate of drug-likeness (QED) is 0.546. The first kappa shape index (κ1) is 10.3. The van der Waals surface area contributed by atoms with E-state index in [2.05, 4.69) is 5.16 Å². The molecule has 1 aliphatic carbocycles. The number of carbonyl (C=O) groups excluding carboxylic acids is 1. The predicted molar refractivity (Wildman–Crippen MR) is 64.6 cm³/mol. The average Bonchev–Trinajstić information content (AvgIpc) is 2.99. The Morgan fingerprint density at radius 1 is 1.06 bits per heavy atom. The monoisotopic (exact) mass is 227 g/mol. The van der Waals surface area contributed by atoms with E-state index in [0.29, 0.717) is 11.3 Å². The lowest BCUT2D eigenvalue weighted by Gasteiger charge is -2.03. The van der Waals surface area contributed by atoms with Crippen molar-refractivity contribution >= 4 is 11.7 Å². The molecule has 1 saturated carbocycles. The van der Waals surface area contributed by atoms with Crippen molar-refractivity contribution in [2.24, 2.45) is 5.16 Å². The Morgan fingerprint density at radius 3 is 2.47 bits per heavy atom. The molecule has 0 spiro atoms. The molecule has 0 radical (unpaired) electrons. The van der Waals surface area contributed by atoms with Crippen molar-refractivity contribution in [3.05, 3.63) is 47.0 Å². The van der Waals surface area contributed by atoms with Crippen LogP contribution >= 0.6 is 0 Å². The second-order valence-electron chi connectivity index (χ2n) is 4.37. The molecule has 3 heteroatoms. The lowest BCUT2D eigenvalue weighted by atomic mass is 9.97. The van der Waals surface area contributed by atoms with Crippen LogP contribution in [0.1, 0.15) is 31.2 Å². The van der Waals surface area contributed by atoms with E-state index < -0.39 is 0 Å². The van der Waals surface area contributed by atoms with Crippen LogP contribution in [-0.2, 0) is 9.63 Å². The van der Waals surface area contributed by atoms with Gasteiger partial charge in [0.25, 0.3) is 0 Å². The highest BCUT2D eigenvalue weighted by Gasteiger charge is 2.30. The van der Waals surface area contributed by atoms with Gasteiger partial charge >= 0.3 is 5.97 Å². The van der Waals surface area contributed by atoms with E-state index >= 15 is 0 Å². The van der Waals surface area contributed by atoms with Gasteiger partial charge in [0, 0.05) is 5.56 Å². The Morgan fingerprint density at radius 2 is 1.76 bits per heavy atom. The van der Waals surface area contributed by atoms with Crippen LogP contribution in [-0.4, -0.2) is 11.7 Å². The molecule has 3 nitrogen and oxygen atoms in total. The molecule has 0 N–H and O–H groups in total. The largest absolute Gasteiger partial charge is 0.368 e. The zero-order valence-electron chi connectivity index (χ0n) is 9.48. The minimum absolute atomic E-state index is 0.291. The Kier molecular flexibility index (Phi) is 2.52. The summed E-state index contributed by atoms with van der Waals surface area (Å²) in [5, 5.41) is 3.92. The number of oxime groups is 1. The molecule has 1 fully saturated rings. The highest BCUT2D eigenvalue weighted by molar-refractivity contribution is 6.29. The Hall–Kier alpha value is -1.90. The second-order valence-corrected chi connectivity index (χ2v) is 4.37.